The Balaban J connectivity index is 2.92. The first kappa shape index (κ1) is 16.5. The molecule has 0 bridgehead atoms. The molecule has 0 saturated heterocycles. The first-order valence-corrected chi connectivity index (χ1v) is 8.32. The highest BCUT2D eigenvalue weighted by molar-refractivity contribution is 5.75. The van der Waals surface area contributed by atoms with Gasteiger partial charge in [-0.15, -0.1) is 0 Å². The lowest BCUT2D eigenvalue weighted by Crippen LogP contribution is -2.38. The Labute approximate surface area is 120 Å². The molecule has 0 fully saturated rings. The van der Waals surface area contributed by atoms with Crippen molar-refractivity contribution in [3.05, 3.63) is 12.2 Å². The Morgan fingerprint density at radius 3 is 2.16 bits per heavy atom. The number of allylic oxidation sites excluding steroid dienone is 1. The topological polar surface area (TPSA) is 12.4 Å². The van der Waals surface area contributed by atoms with Crippen molar-refractivity contribution in [2.45, 2.75) is 78.7 Å². The third-order valence-corrected chi connectivity index (χ3v) is 4.75. The van der Waals surface area contributed by atoms with Crippen LogP contribution in [0.1, 0.15) is 73.1 Å². The molecule has 2 atom stereocenters. The van der Waals surface area contributed by atoms with Crippen LogP contribution in [-0.4, -0.2) is 11.8 Å². The lowest BCUT2D eigenvalue weighted by molar-refractivity contribution is 0.184. The molecule has 0 amide bonds. The third-order valence-electron chi connectivity index (χ3n) is 4.75. The molecule has 0 aromatic heterocycles. The van der Waals surface area contributed by atoms with Gasteiger partial charge >= 0.3 is 0 Å². The van der Waals surface area contributed by atoms with Crippen LogP contribution in [0.25, 0.3) is 0 Å². The highest BCUT2D eigenvalue weighted by atomic mass is 14.9. The Hall–Kier alpha value is -0.590. The van der Waals surface area contributed by atoms with Crippen molar-refractivity contribution in [1.29, 1.82) is 0 Å². The first-order valence-electron chi connectivity index (χ1n) is 8.32. The predicted octanol–water partition coefficient (Wildman–Crippen LogP) is 5.65. The van der Waals surface area contributed by atoms with E-state index >= 15 is 0 Å². The van der Waals surface area contributed by atoms with Crippen molar-refractivity contribution in [3.8, 4) is 0 Å². The minimum Gasteiger partial charge on any atom is -0.282 e. The molecule has 1 aliphatic rings. The van der Waals surface area contributed by atoms with Crippen LogP contribution < -0.4 is 0 Å². The largest absolute Gasteiger partial charge is 0.282 e. The van der Waals surface area contributed by atoms with E-state index in [0.29, 0.717) is 0 Å². The van der Waals surface area contributed by atoms with Gasteiger partial charge in [-0.05, 0) is 36.7 Å². The summed E-state index contributed by atoms with van der Waals surface area (Å²) >= 11 is 0. The summed E-state index contributed by atoms with van der Waals surface area (Å²) in [5.41, 5.74) is 0.111. The van der Waals surface area contributed by atoms with Crippen LogP contribution in [0, 0.1) is 17.8 Å². The van der Waals surface area contributed by atoms with Crippen LogP contribution in [0.4, 0.5) is 0 Å². The Morgan fingerprint density at radius 2 is 1.74 bits per heavy atom. The maximum Gasteiger partial charge on any atom is 0.0821 e. The molecular formula is C18H33N. The highest BCUT2D eigenvalue weighted by Crippen LogP contribution is 2.42. The van der Waals surface area contributed by atoms with Gasteiger partial charge < -0.3 is 0 Å². The quantitative estimate of drug-likeness (QED) is 0.509. The lowest BCUT2D eigenvalue weighted by atomic mass is 9.69. The zero-order chi connectivity index (χ0) is 14.3. The van der Waals surface area contributed by atoms with Crippen LogP contribution in [0.2, 0.25) is 0 Å². The maximum absolute atomic E-state index is 4.92. The number of hydrogen-bond acceptors (Lipinski definition) is 1. The number of rotatable bonds is 9. The fourth-order valence-corrected chi connectivity index (χ4v) is 3.65. The number of hydrogen-bond donors (Lipinski definition) is 0. The lowest BCUT2D eigenvalue weighted by Gasteiger charge is -2.39. The molecule has 1 heteroatoms. The van der Waals surface area contributed by atoms with E-state index in [1.807, 2.05) is 6.21 Å². The second kappa shape index (κ2) is 7.87. The summed E-state index contributed by atoms with van der Waals surface area (Å²) in [5.74, 6) is 2.33. The molecule has 0 N–H and O–H groups in total. The maximum atomic E-state index is 4.92. The average Bonchev–Trinajstić information content (AvgIpc) is 2.84. The van der Waals surface area contributed by atoms with Gasteiger partial charge in [0.05, 0.1) is 5.54 Å². The Morgan fingerprint density at radius 1 is 1.05 bits per heavy atom. The molecule has 0 saturated carbocycles. The van der Waals surface area contributed by atoms with Gasteiger partial charge in [0.25, 0.3) is 0 Å². The van der Waals surface area contributed by atoms with Crippen LogP contribution >= 0.6 is 0 Å². The van der Waals surface area contributed by atoms with E-state index in [0.717, 1.165) is 17.8 Å². The van der Waals surface area contributed by atoms with Crippen LogP contribution in [0.15, 0.2) is 17.1 Å². The minimum atomic E-state index is 0.111. The summed E-state index contributed by atoms with van der Waals surface area (Å²) in [4.78, 5) is 4.92. The van der Waals surface area contributed by atoms with Crippen LogP contribution in [0.5, 0.6) is 0 Å². The molecule has 0 radical (unpaired) electrons. The zero-order valence-corrected chi connectivity index (χ0v) is 13.7. The van der Waals surface area contributed by atoms with E-state index in [1.165, 1.54) is 38.5 Å². The molecule has 0 aliphatic carbocycles. The van der Waals surface area contributed by atoms with Crippen LogP contribution in [0.3, 0.4) is 0 Å². The van der Waals surface area contributed by atoms with Gasteiger partial charge in [-0.3, -0.25) is 4.99 Å². The third kappa shape index (κ3) is 4.19. The molecule has 0 aromatic rings. The van der Waals surface area contributed by atoms with Crippen molar-refractivity contribution in [3.63, 3.8) is 0 Å². The molecule has 0 spiro atoms. The van der Waals surface area contributed by atoms with Crippen molar-refractivity contribution in [2.24, 2.45) is 22.7 Å². The van der Waals surface area contributed by atoms with E-state index in [9.17, 15) is 0 Å². The van der Waals surface area contributed by atoms with E-state index in [1.54, 1.807) is 0 Å². The SMILES string of the molecule is CCCC1(C(CCC(C)C)C(CC)CC)C=CC=N1. The molecule has 0 aromatic carbocycles. The van der Waals surface area contributed by atoms with Gasteiger partial charge in [-0.25, -0.2) is 0 Å². The van der Waals surface area contributed by atoms with E-state index in [2.05, 4.69) is 46.8 Å². The van der Waals surface area contributed by atoms with Gasteiger partial charge in [0.2, 0.25) is 0 Å². The molecular weight excluding hydrogens is 230 g/mol. The van der Waals surface area contributed by atoms with Crippen molar-refractivity contribution in [2.75, 3.05) is 0 Å². The fraction of sp³-hybridized carbons (Fsp3) is 0.833. The highest BCUT2D eigenvalue weighted by Gasteiger charge is 2.39. The number of aliphatic imine (C=N–C) groups is 1. The van der Waals surface area contributed by atoms with Crippen LogP contribution in [-0.2, 0) is 0 Å². The zero-order valence-electron chi connectivity index (χ0n) is 13.7. The molecule has 1 rings (SSSR count). The summed E-state index contributed by atoms with van der Waals surface area (Å²) in [5, 5.41) is 0. The van der Waals surface area contributed by atoms with Gasteiger partial charge in [0, 0.05) is 6.21 Å². The van der Waals surface area contributed by atoms with E-state index < -0.39 is 0 Å². The molecule has 2 unspecified atom stereocenters. The molecule has 110 valence electrons. The van der Waals surface area contributed by atoms with Gasteiger partial charge in [-0.1, -0.05) is 66.4 Å². The van der Waals surface area contributed by atoms with Crippen molar-refractivity contribution >= 4 is 6.21 Å². The summed E-state index contributed by atoms with van der Waals surface area (Å²) in [6.45, 7) is 11.7. The predicted molar refractivity (Wildman–Crippen MR) is 86.9 cm³/mol. The second-order valence-corrected chi connectivity index (χ2v) is 6.53. The van der Waals surface area contributed by atoms with Gasteiger partial charge in [0.15, 0.2) is 0 Å². The normalized spacial score (nSPS) is 23.7. The molecule has 19 heavy (non-hydrogen) atoms. The Bertz CT molecular complexity index is 285. The fourth-order valence-electron chi connectivity index (χ4n) is 3.65. The van der Waals surface area contributed by atoms with Crippen molar-refractivity contribution < 1.29 is 0 Å². The van der Waals surface area contributed by atoms with E-state index in [-0.39, 0.29) is 5.54 Å². The van der Waals surface area contributed by atoms with Gasteiger partial charge in [0.1, 0.15) is 0 Å². The summed E-state index contributed by atoms with van der Waals surface area (Å²) in [6.07, 6.45) is 14.2. The first-order chi connectivity index (χ1) is 9.09. The second-order valence-electron chi connectivity index (χ2n) is 6.53. The van der Waals surface area contributed by atoms with Crippen molar-refractivity contribution in [1.82, 2.24) is 0 Å². The summed E-state index contributed by atoms with van der Waals surface area (Å²) in [7, 11) is 0. The molecule has 1 heterocycles. The summed E-state index contributed by atoms with van der Waals surface area (Å²) in [6, 6.07) is 0. The smallest absolute Gasteiger partial charge is 0.0821 e. The van der Waals surface area contributed by atoms with Gasteiger partial charge in [-0.2, -0.15) is 0 Å². The average molecular weight is 263 g/mol. The standard InChI is InChI=1S/C18H33N/c1-6-12-18(13-9-14-19-18)17(11-10-15(4)5)16(7-2)8-3/h9,13-17H,6-8,10-12H2,1-5H3. The van der Waals surface area contributed by atoms with E-state index in [4.69, 9.17) is 4.99 Å². The summed E-state index contributed by atoms with van der Waals surface area (Å²) < 4.78 is 0. The number of nitrogens with zero attached hydrogens (tertiary/aromatic N) is 1. The molecule has 1 nitrogen and oxygen atoms in total. The Kier molecular flexibility index (Phi) is 6.82. The molecule has 1 aliphatic heterocycles. The monoisotopic (exact) mass is 263 g/mol. The minimum absolute atomic E-state index is 0.111.